The second-order valence-corrected chi connectivity index (χ2v) is 11.2. The van der Waals surface area contributed by atoms with E-state index in [-0.39, 0.29) is 6.04 Å². The van der Waals surface area contributed by atoms with Crippen molar-refractivity contribution in [1.29, 1.82) is 0 Å². The molecule has 1 aliphatic heterocycles. The van der Waals surface area contributed by atoms with Gasteiger partial charge >= 0.3 is 0 Å². The summed E-state index contributed by atoms with van der Waals surface area (Å²) in [5.74, 6) is 2.33. The fourth-order valence-corrected chi connectivity index (χ4v) is 6.17. The summed E-state index contributed by atoms with van der Waals surface area (Å²) in [5.41, 5.74) is 4.66. The number of pyridine rings is 2. The van der Waals surface area contributed by atoms with Crippen LogP contribution < -0.4 is 4.90 Å². The predicted octanol–water partition coefficient (Wildman–Crippen LogP) is 7.20. The molecule has 0 spiro atoms. The van der Waals surface area contributed by atoms with E-state index in [1.807, 2.05) is 12.1 Å². The first-order valence-electron chi connectivity index (χ1n) is 13.1. The number of benzene rings is 1. The summed E-state index contributed by atoms with van der Waals surface area (Å²) < 4.78 is 8.34. The second kappa shape index (κ2) is 10.6. The topological polar surface area (TPSA) is 56.1 Å². The van der Waals surface area contributed by atoms with Gasteiger partial charge in [-0.15, -0.1) is 0 Å². The second-order valence-electron chi connectivity index (χ2n) is 10.4. The van der Waals surface area contributed by atoms with Gasteiger partial charge in [0.15, 0.2) is 0 Å². The van der Waals surface area contributed by atoms with Gasteiger partial charge in [0.05, 0.1) is 41.0 Å². The van der Waals surface area contributed by atoms with E-state index in [1.165, 1.54) is 31.2 Å². The number of halogens is 2. The maximum Gasteiger partial charge on any atom is 0.207 e. The van der Waals surface area contributed by atoms with Crippen LogP contribution in [0.25, 0.3) is 22.3 Å². The Labute approximate surface area is 227 Å². The molecule has 4 heterocycles. The van der Waals surface area contributed by atoms with Gasteiger partial charge in [0.2, 0.25) is 5.95 Å². The van der Waals surface area contributed by atoms with Crippen molar-refractivity contribution in [3.8, 4) is 11.3 Å². The Morgan fingerprint density at radius 2 is 1.81 bits per heavy atom. The summed E-state index contributed by atoms with van der Waals surface area (Å²) in [5, 5.41) is 0.976. The number of hydrogen-bond acceptors (Lipinski definition) is 5. The Balaban J connectivity index is 1.53. The van der Waals surface area contributed by atoms with Gasteiger partial charge in [-0.25, -0.2) is 9.97 Å². The third-order valence-corrected chi connectivity index (χ3v) is 8.20. The first kappa shape index (κ1) is 24.7. The first-order chi connectivity index (χ1) is 18.1. The van der Waals surface area contributed by atoms with Crippen LogP contribution >= 0.6 is 23.2 Å². The van der Waals surface area contributed by atoms with Crippen LogP contribution in [0.3, 0.4) is 0 Å². The van der Waals surface area contributed by atoms with Crippen molar-refractivity contribution in [3.63, 3.8) is 0 Å². The van der Waals surface area contributed by atoms with Crippen molar-refractivity contribution >= 4 is 40.2 Å². The number of morpholine rings is 1. The lowest BCUT2D eigenvalue weighted by molar-refractivity contribution is 0.0927. The highest BCUT2D eigenvalue weighted by molar-refractivity contribution is 6.31. The van der Waals surface area contributed by atoms with E-state index in [1.54, 1.807) is 12.4 Å². The van der Waals surface area contributed by atoms with E-state index >= 15 is 0 Å². The van der Waals surface area contributed by atoms with E-state index in [4.69, 9.17) is 37.9 Å². The van der Waals surface area contributed by atoms with Crippen LogP contribution in [0, 0.1) is 11.8 Å². The number of aromatic nitrogens is 4. The minimum atomic E-state index is 0.0802. The molecule has 192 valence electrons. The number of nitrogens with zero attached hydrogens (tertiary/aromatic N) is 5. The van der Waals surface area contributed by atoms with Crippen LogP contribution in [-0.4, -0.2) is 39.3 Å². The summed E-state index contributed by atoms with van der Waals surface area (Å²) in [4.78, 5) is 16.7. The minimum Gasteiger partial charge on any atom is -0.377 e. The summed E-state index contributed by atoms with van der Waals surface area (Å²) in [6.07, 6.45) is 8.42. The molecular weight excluding hydrogens is 505 g/mol. The third kappa shape index (κ3) is 5.07. The lowest BCUT2D eigenvalue weighted by Gasteiger charge is -2.37. The zero-order valence-corrected chi connectivity index (χ0v) is 22.5. The molecule has 2 fully saturated rings. The molecule has 8 heteroatoms. The van der Waals surface area contributed by atoms with Crippen molar-refractivity contribution < 1.29 is 4.74 Å². The van der Waals surface area contributed by atoms with Crippen molar-refractivity contribution in [2.24, 2.45) is 11.8 Å². The molecule has 4 aromatic rings. The molecular formula is C29H31Cl2N5O. The molecule has 0 bridgehead atoms. The van der Waals surface area contributed by atoms with Crippen molar-refractivity contribution in [3.05, 3.63) is 70.6 Å². The standard InChI is InChI=1S/C29H31Cl2N5O/c1-19-7-9-20(10-8-19)17-36-28-24(14-26(31)34-27(28)22-13-23(30)16-32-15-22)33-29(36)35-11-12-37-18-25(35)21-5-3-2-4-6-21/h2-6,13-16,19-20,25H,7-12,17-18H2,1H3/t19?,20?,25-/m0/s1. The lowest BCUT2D eigenvalue weighted by Crippen LogP contribution is -2.41. The highest BCUT2D eigenvalue weighted by Gasteiger charge is 2.31. The van der Waals surface area contributed by atoms with Gasteiger partial charge in [-0.2, -0.15) is 0 Å². The molecule has 3 aromatic heterocycles. The number of rotatable bonds is 5. The van der Waals surface area contributed by atoms with Crippen LogP contribution in [0.4, 0.5) is 5.95 Å². The van der Waals surface area contributed by atoms with Gasteiger partial charge in [-0.3, -0.25) is 4.98 Å². The van der Waals surface area contributed by atoms with Crippen molar-refractivity contribution in [2.45, 2.75) is 45.2 Å². The predicted molar refractivity (Wildman–Crippen MR) is 149 cm³/mol. The molecule has 1 aromatic carbocycles. The lowest BCUT2D eigenvalue weighted by atomic mass is 9.83. The van der Waals surface area contributed by atoms with Gasteiger partial charge < -0.3 is 14.2 Å². The fourth-order valence-electron chi connectivity index (χ4n) is 5.81. The summed E-state index contributed by atoms with van der Waals surface area (Å²) in [6.45, 7) is 5.31. The highest BCUT2D eigenvalue weighted by atomic mass is 35.5. The molecule has 1 saturated carbocycles. The summed E-state index contributed by atoms with van der Waals surface area (Å²) >= 11 is 12.9. The maximum absolute atomic E-state index is 6.55. The van der Waals surface area contributed by atoms with Gasteiger partial charge in [-0.1, -0.05) is 73.3 Å². The number of imidazole rings is 1. The van der Waals surface area contributed by atoms with Crippen LogP contribution in [0.1, 0.15) is 44.2 Å². The Hall–Kier alpha value is -2.67. The smallest absolute Gasteiger partial charge is 0.207 e. The average Bonchev–Trinajstić information content (AvgIpc) is 3.27. The van der Waals surface area contributed by atoms with E-state index in [9.17, 15) is 0 Å². The first-order valence-corrected chi connectivity index (χ1v) is 13.9. The third-order valence-electron chi connectivity index (χ3n) is 7.80. The van der Waals surface area contributed by atoms with Gasteiger partial charge in [0.1, 0.15) is 5.15 Å². The van der Waals surface area contributed by atoms with Gasteiger partial charge in [0.25, 0.3) is 0 Å². The van der Waals surface area contributed by atoms with Crippen molar-refractivity contribution in [2.75, 3.05) is 24.7 Å². The average molecular weight is 537 g/mol. The zero-order valence-electron chi connectivity index (χ0n) is 21.0. The molecule has 1 aliphatic carbocycles. The Bertz CT molecular complexity index is 1380. The van der Waals surface area contributed by atoms with Gasteiger partial charge in [-0.05, 0) is 36.3 Å². The zero-order chi connectivity index (χ0) is 25.4. The Morgan fingerprint density at radius 3 is 2.59 bits per heavy atom. The van der Waals surface area contributed by atoms with Crippen LogP contribution in [0.15, 0.2) is 54.9 Å². The highest BCUT2D eigenvalue weighted by Crippen LogP contribution is 2.39. The molecule has 2 aliphatic rings. The molecule has 0 radical (unpaired) electrons. The maximum atomic E-state index is 6.55. The normalized spacial score (nSPS) is 22.5. The van der Waals surface area contributed by atoms with E-state index < -0.39 is 0 Å². The Morgan fingerprint density at radius 1 is 1.00 bits per heavy atom. The van der Waals surface area contributed by atoms with Crippen molar-refractivity contribution in [1.82, 2.24) is 19.5 Å². The summed E-state index contributed by atoms with van der Waals surface area (Å²) in [6, 6.07) is 14.4. The number of hydrogen-bond donors (Lipinski definition) is 0. The van der Waals surface area contributed by atoms with E-state index in [2.05, 4.69) is 51.7 Å². The monoisotopic (exact) mass is 535 g/mol. The van der Waals surface area contributed by atoms with Crippen LogP contribution in [0.5, 0.6) is 0 Å². The molecule has 1 saturated heterocycles. The number of fused-ring (bicyclic) bond motifs is 1. The van der Waals surface area contributed by atoms with Crippen LogP contribution in [0.2, 0.25) is 10.2 Å². The molecule has 0 unspecified atom stereocenters. The van der Waals surface area contributed by atoms with Gasteiger partial charge in [0, 0.05) is 37.1 Å². The Kier molecular flexibility index (Phi) is 7.06. The SMILES string of the molecule is CC1CCC(Cn2c(N3CCOC[C@H]3c3ccccc3)nc3cc(Cl)nc(-c4cncc(Cl)c4)c32)CC1. The number of ether oxygens (including phenoxy) is 1. The number of anilines is 1. The molecule has 6 nitrogen and oxygen atoms in total. The van der Waals surface area contributed by atoms with E-state index in [0.717, 1.165) is 47.2 Å². The molecule has 37 heavy (non-hydrogen) atoms. The minimum absolute atomic E-state index is 0.0802. The largest absolute Gasteiger partial charge is 0.377 e. The molecule has 1 atom stereocenters. The van der Waals surface area contributed by atoms with E-state index in [0.29, 0.717) is 29.3 Å². The van der Waals surface area contributed by atoms with Crippen LogP contribution in [-0.2, 0) is 11.3 Å². The summed E-state index contributed by atoms with van der Waals surface area (Å²) in [7, 11) is 0. The fraction of sp³-hybridized carbons (Fsp3) is 0.414. The molecule has 0 N–H and O–H groups in total. The molecule has 0 amide bonds. The molecule has 6 rings (SSSR count). The quantitative estimate of drug-likeness (QED) is 0.253.